The summed E-state index contributed by atoms with van der Waals surface area (Å²) in [6, 6.07) is 5.60. The van der Waals surface area contributed by atoms with Crippen LogP contribution >= 0.6 is 22.6 Å². The van der Waals surface area contributed by atoms with E-state index in [-0.39, 0.29) is 6.03 Å². The van der Waals surface area contributed by atoms with Gasteiger partial charge < -0.3 is 20.1 Å². The first kappa shape index (κ1) is 15.0. The molecule has 108 valence electrons. The largest absolute Gasteiger partial charge is 0.458 e. The van der Waals surface area contributed by atoms with Crippen molar-refractivity contribution in [3.8, 4) is 11.5 Å². The van der Waals surface area contributed by atoms with Crippen LogP contribution in [0.1, 0.15) is 19.8 Å². The van der Waals surface area contributed by atoms with Crippen molar-refractivity contribution in [3.05, 3.63) is 33.8 Å². The topological polar surface area (TPSA) is 59.6 Å². The molecule has 2 amide bonds. The molecule has 0 radical (unpaired) electrons. The summed E-state index contributed by atoms with van der Waals surface area (Å²) in [5.74, 6) is 2.13. The molecule has 0 bridgehead atoms. The molecule has 20 heavy (non-hydrogen) atoms. The number of carbonyl (C=O) groups excluding carboxylic acids is 1. The summed E-state index contributed by atoms with van der Waals surface area (Å²) in [5.41, 5.74) is 0. The number of fused-ring (bicyclic) bond motifs is 1. The molecule has 2 N–H and O–H groups in total. The van der Waals surface area contributed by atoms with Gasteiger partial charge in [0, 0.05) is 23.1 Å². The summed E-state index contributed by atoms with van der Waals surface area (Å²) in [7, 11) is 0. The van der Waals surface area contributed by atoms with Gasteiger partial charge in [-0.15, -0.1) is 0 Å². The minimum absolute atomic E-state index is 0.154. The molecule has 0 saturated heterocycles. The van der Waals surface area contributed by atoms with Crippen molar-refractivity contribution in [2.45, 2.75) is 19.8 Å². The fraction of sp³-hybridized carbons (Fsp3) is 0.357. The Morgan fingerprint density at radius 1 is 1.25 bits per heavy atom. The van der Waals surface area contributed by atoms with Crippen LogP contribution in [0.3, 0.4) is 0 Å². The Balaban J connectivity index is 1.78. The number of nitrogens with one attached hydrogen (secondary N) is 2. The van der Waals surface area contributed by atoms with Gasteiger partial charge in [-0.2, -0.15) is 0 Å². The van der Waals surface area contributed by atoms with Crippen LogP contribution in [-0.4, -0.2) is 19.1 Å². The summed E-state index contributed by atoms with van der Waals surface area (Å²) in [6.07, 6.45) is 3.09. The Bertz CT molecular complexity index is 517. The molecule has 1 aromatic carbocycles. The molecule has 1 aliphatic rings. The van der Waals surface area contributed by atoms with Crippen LogP contribution in [0.25, 0.3) is 0 Å². The first-order valence-corrected chi connectivity index (χ1v) is 7.61. The van der Waals surface area contributed by atoms with E-state index >= 15 is 0 Å². The summed E-state index contributed by atoms with van der Waals surface area (Å²) in [6.45, 7) is 3.20. The third-order valence-electron chi connectivity index (χ3n) is 2.66. The van der Waals surface area contributed by atoms with Crippen LogP contribution in [0.5, 0.6) is 11.5 Å². The highest BCUT2D eigenvalue weighted by atomic mass is 127. The lowest BCUT2D eigenvalue weighted by molar-refractivity contribution is 0.240. The molecule has 0 spiro atoms. The molecule has 0 unspecified atom stereocenters. The van der Waals surface area contributed by atoms with Crippen LogP contribution in [-0.2, 0) is 0 Å². The number of hydrogen-bond donors (Lipinski definition) is 2. The van der Waals surface area contributed by atoms with E-state index in [1.54, 1.807) is 6.26 Å². The third-order valence-corrected chi connectivity index (χ3v) is 3.33. The Kier molecular flexibility index (Phi) is 5.51. The average molecular weight is 388 g/mol. The number of halogens is 1. The summed E-state index contributed by atoms with van der Waals surface area (Å²) < 4.78 is 12.3. The monoisotopic (exact) mass is 388 g/mol. The lowest BCUT2D eigenvalue weighted by atomic mass is 10.3. The van der Waals surface area contributed by atoms with Gasteiger partial charge in [0.1, 0.15) is 12.0 Å². The number of amides is 2. The molecule has 0 aliphatic carbocycles. The molecule has 0 atom stereocenters. The van der Waals surface area contributed by atoms with Gasteiger partial charge in [0.25, 0.3) is 0 Å². The molecule has 6 heteroatoms. The first-order chi connectivity index (χ1) is 9.69. The highest BCUT2D eigenvalue weighted by Crippen LogP contribution is 2.34. The summed E-state index contributed by atoms with van der Waals surface area (Å²) >= 11 is 2.22. The second kappa shape index (κ2) is 7.37. The van der Waals surface area contributed by atoms with Gasteiger partial charge in [0.2, 0.25) is 0 Å². The minimum atomic E-state index is -0.154. The standard InChI is InChI=1S/C14H17IN2O3/c1-2-6-16-14(18)17-7-5-11-9-19-12-4-3-10(15)8-13(12)20-11/h3-4,8-9H,2,5-7H2,1H3,(H2,16,17,18). The van der Waals surface area contributed by atoms with Crippen molar-refractivity contribution in [2.75, 3.05) is 13.1 Å². The van der Waals surface area contributed by atoms with Crippen molar-refractivity contribution in [1.29, 1.82) is 0 Å². The lowest BCUT2D eigenvalue weighted by Crippen LogP contribution is -2.36. The minimum Gasteiger partial charge on any atom is -0.458 e. The number of ether oxygens (including phenoxy) is 2. The van der Waals surface area contributed by atoms with Gasteiger partial charge >= 0.3 is 6.03 Å². The van der Waals surface area contributed by atoms with Crippen LogP contribution in [0.15, 0.2) is 30.2 Å². The third kappa shape index (κ3) is 4.29. The fourth-order valence-electron chi connectivity index (χ4n) is 1.66. The van der Waals surface area contributed by atoms with E-state index in [0.717, 1.165) is 9.99 Å². The first-order valence-electron chi connectivity index (χ1n) is 6.54. The van der Waals surface area contributed by atoms with E-state index in [1.807, 2.05) is 25.1 Å². The van der Waals surface area contributed by atoms with E-state index in [2.05, 4.69) is 33.2 Å². The van der Waals surface area contributed by atoms with Crippen LogP contribution in [0.4, 0.5) is 4.79 Å². The van der Waals surface area contributed by atoms with Crippen molar-refractivity contribution < 1.29 is 14.3 Å². The maximum Gasteiger partial charge on any atom is 0.314 e. The van der Waals surface area contributed by atoms with E-state index in [4.69, 9.17) is 9.47 Å². The van der Waals surface area contributed by atoms with Crippen molar-refractivity contribution in [3.63, 3.8) is 0 Å². The SMILES string of the molecule is CCCNC(=O)NCCC1=COc2ccc(I)cc2O1. The van der Waals surface area contributed by atoms with Gasteiger partial charge in [-0.1, -0.05) is 6.92 Å². The van der Waals surface area contributed by atoms with E-state index in [1.165, 1.54) is 0 Å². The zero-order valence-corrected chi connectivity index (χ0v) is 13.4. The molecule has 1 aliphatic heterocycles. The molecule has 0 fully saturated rings. The Morgan fingerprint density at radius 3 is 2.85 bits per heavy atom. The number of benzene rings is 1. The Labute approximate surface area is 131 Å². The zero-order valence-electron chi connectivity index (χ0n) is 11.2. The molecule has 1 aromatic rings. The summed E-state index contributed by atoms with van der Waals surface area (Å²) in [4.78, 5) is 11.4. The highest BCUT2D eigenvalue weighted by molar-refractivity contribution is 14.1. The van der Waals surface area contributed by atoms with E-state index in [9.17, 15) is 4.79 Å². The summed E-state index contributed by atoms with van der Waals surface area (Å²) in [5, 5.41) is 5.52. The Morgan fingerprint density at radius 2 is 2.05 bits per heavy atom. The predicted octanol–water partition coefficient (Wildman–Crippen LogP) is 3.00. The van der Waals surface area contributed by atoms with Crippen molar-refractivity contribution >= 4 is 28.6 Å². The van der Waals surface area contributed by atoms with Gasteiger partial charge in [0.05, 0.1) is 0 Å². The zero-order chi connectivity index (χ0) is 14.4. The molecular weight excluding hydrogens is 371 g/mol. The van der Waals surface area contributed by atoms with Crippen LogP contribution < -0.4 is 20.1 Å². The number of urea groups is 1. The van der Waals surface area contributed by atoms with Crippen LogP contribution in [0, 0.1) is 3.57 Å². The Hall–Kier alpha value is -1.44. The average Bonchev–Trinajstić information content (AvgIpc) is 2.44. The normalized spacial score (nSPS) is 12.6. The van der Waals surface area contributed by atoms with Gasteiger partial charge in [-0.3, -0.25) is 0 Å². The molecule has 0 saturated carbocycles. The maximum absolute atomic E-state index is 11.4. The van der Waals surface area contributed by atoms with Gasteiger partial charge in [0.15, 0.2) is 11.5 Å². The smallest absolute Gasteiger partial charge is 0.314 e. The van der Waals surface area contributed by atoms with Crippen molar-refractivity contribution in [2.24, 2.45) is 0 Å². The van der Waals surface area contributed by atoms with Crippen LogP contribution in [0.2, 0.25) is 0 Å². The van der Waals surface area contributed by atoms with Crippen molar-refractivity contribution in [1.82, 2.24) is 10.6 Å². The second-order valence-corrected chi connectivity index (χ2v) is 5.57. The van der Waals surface area contributed by atoms with Gasteiger partial charge in [-0.25, -0.2) is 4.79 Å². The lowest BCUT2D eigenvalue weighted by Gasteiger charge is -2.18. The fourth-order valence-corrected chi connectivity index (χ4v) is 2.13. The number of hydrogen-bond acceptors (Lipinski definition) is 3. The molecule has 2 rings (SSSR count). The molecule has 0 aromatic heterocycles. The van der Waals surface area contributed by atoms with E-state index < -0.39 is 0 Å². The predicted molar refractivity (Wildman–Crippen MR) is 84.8 cm³/mol. The quantitative estimate of drug-likeness (QED) is 0.763. The van der Waals surface area contributed by atoms with Gasteiger partial charge in [-0.05, 0) is 47.2 Å². The number of rotatable bonds is 5. The molecule has 5 nitrogen and oxygen atoms in total. The molecule has 1 heterocycles. The molecular formula is C14H17IN2O3. The number of carbonyl (C=O) groups is 1. The second-order valence-electron chi connectivity index (χ2n) is 4.33. The van der Waals surface area contributed by atoms with E-state index in [0.29, 0.717) is 36.8 Å². The highest BCUT2D eigenvalue weighted by Gasteiger charge is 2.14. The maximum atomic E-state index is 11.4.